The summed E-state index contributed by atoms with van der Waals surface area (Å²) in [5, 5.41) is 0. The Labute approximate surface area is 131 Å². The highest BCUT2D eigenvalue weighted by molar-refractivity contribution is 5.87. The highest BCUT2D eigenvalue weighted by Gasteiger charge is 2.12. The number of hydrogen-bond acceptors (Lipinski definition) is 2. The summed E-state index contributed by atoms with van der Waals surface area (Å²) in [5.41, 5.74) is 0.647. The van der Waals surface area contributed by atoms with Gasteiger partial charge in [0.15, 0.2) is 0 Å². The number of ether oxygens (including phenoxy) is 1. The van der Waals surface area contributed by atoms with Gasteiger partial charge in [-0.25, -0.2) is 4.79 Å². The summed E-state index contributed by atoms with van der Waals surface area (Å²) in [6.45, 7) is 6.14. The van der Waals surface area contributed by atoms with Crippen LogP contribution in [0.25, 0.3) is 0 Å². The van der Waals surface area contributed by atoms with Crippen molar-refractivity contribution in [2.75, 3.05) is 6.61 Å². The van der Waals surface area contributed by atoms with Gasteiger partial charge in [0, 0.05) is 5.57 Å². The minimum absolute atomic E-state index is 0.208. The van der Waals surface area contributed by atoms with E-state index < -0.39 is 0 Å². The third-order valence-corrected chi connectivity index (χ3v) is 4.63. The zero-order chi connectivity index (χ0) is 15.3. The van der Waals surface area contributed by atoms with Crippen molar-refractivity contribution in [1.29, 1.82) is 0 Å². The van der Waals surface area contributed by atoms with Gasteiger partial charge in [-0.1, -0.05) is 77.2 Å². The quantitative estimate of drug-likeness (QED) is 0.456. The van der Waals surface area contributed by atoms with Gasteiger partial charge in [-0.05, 0) is 25.7 Å². The molecule has 0 bridgehead atoms. The molecule has 0 aromatic heterocycles. The Morgan fingerprint density at radius 2 is 1.52 bits per heavy atom. The Morgan fingerprint density at radius 3 is 2.05 bits per heavy atom. The zero-order valence-corrected chi connectivity index (χ0v) is 14.0. The number of hydrogen-bond donors (Lipinski definition) is 0. The largest absolute Gasteiger partial charge is 0.463 e. The number of esters is 1. The molecule has 0 saturated heterocycles. The summed E-state index contributed by atoms with van der Waals surface area (Å²) >= 11 is 0. The van der Waals surface area contributed by atoms with E-state index in [-0.39, 0.29) is 5.97 Å². The van der Waals surface area contributed by atoms with Crippen molar-refractivity contribution in [3.8, 4) is 0 Å². The standard InChI is InChI=1S/C19H34O2/c1-3-21-19(20)17(2)13-12-16-18-14-10-8-6-4-5-7-9-11-15-18/h18H,2-16H2,1H3. The van der Waals surface area contributed by atoms with E-state index in [4.69, 9.17) is 4.74 Å². The summed E-state index contributed by atoms with van der Waals surface area (Å²) in [6.07, 6.45) is 17.2. The molecular formula is C19H34O2. The predicted octanol–water partition coefficient (Wildman–Crippen LogP) is 5.81. The van der Waals surface area contributed by atoms with Crippen molar-refractivity contribution >= 4 is 5.97 Å². The van der Waals surface area contributed by atoms with Gasteiger partial charge >= 0.3 is 5.97 Å². The third-order valence-electron chi connectivity index (χ3n) is 4.63. The van der Waals surface area contributed by atoms with Crippen molar-refractivity contribution in [1.82, 2.24) is 0 Å². The average Bonchev–Trinajstić information content (AvgIpc) is 2.53. The fourth-order valence-electron chi connectivity index (χ4n) is 3.30. The molecule has 1 rings (SSSR count). The molecule has 122 valence electrons. The lowest BCUT2D eigenvalue weighted by Gasteiger charge is -2.16. The molecule has 1 fully saturated rings. The Balaban J connectivity index is 2.23. The summed E-state index contributed by atoms with van der Waals surface area (Å²) in [4.78, 5) is 11.5. The molecule has 1 aliphatic rings. The lowest BCUT2D eigenvalue weighted by atomic mass is 9.90. The van der Waals surface area contributed by atoms with Crippen molar-refractivity contribution in [3.63, 3.8) is 0 Å². The third kappa shape index (κ3) is 8.95. The molecule has 0 atom stereocenters. The first-order valence-corrected chi connectivity index (χ1v) is 9.09. The van der Waals surface area contributed by atoms with Crippen LogP contribution < -0.4 is 0 Å². The highest BCUT2D eigenvalue weighted by atomic mass is 16.5. The van der Waals surface area contributed by atoms with Gasteiger partial charge in [0.25, 0.3) is 0 Å². The maximum absolute atomic E-state index is 11.5. The van der Waals surface area contributed by atoms with E-state index in [0.717, 1.165) is 18.8 Å². The molecule has 1 saturated carbocycles. The summed E-state index contributed by atoms with van der Waals surface area (Å²) in [6, 6.07) is 0. The second-order valence-corrected chi connectivity index (χ2v) is 6.49. The predicted molar refractivity (Wildman–Crippen MR) is 89.3 cm³/mol. The van der Waals surface area contributed by atoms with Crippen molar-refractivity contribution < 1.29 is 9.53 Å². The monoisotopic (exact) mass is 294 g/mol. The van der Waals surface area contributed by atoms with Crippen LogP contribution in [0.5, 0.6) is 0 Å². The molecule has 0 heterocycles. The molecular weight excluding hydrogens is 260 g/mol. The van der Waals surface area contributed by atoms with Crippen LogP contribution in [-0.2, 0) is 9.53 Å². The van der Waals surface area contributed by atoms with Crippen LogP contribution in [0.4, 0.5) is 0 Å². The van der Waals surface area contributed by atoms with E-state index in [1.807, 2.05) is 6.92 Å². The van der Waals surface area contributed by atoms with Crippen molar-refractivity contribution in [3.05, 3.63) is 12.2 Å². The molecule has 2 heteroatoms. The second kappa shape index (κ2) is 11.8. The minimum Gasteiger partial charge on any atom is -0.463 e. The second-order valence-electron chi connectivity index (χ2n) is 6.49. The van der Waals surface area contributed by atoms with Crippen LogP contribution in [0.2, 0.25) is 0 Å². The minimum atomic E-state index is -0.208. The number of rotatable bonds is 6. The molecule has 2 nitrogen and oxygen atoms in total. The number of carbonyl (C=O) groups excluding carboxylic acids is 1. The van der Waals surface area contributed by atoms with E-state index in [1.165, 1.54) is 70.6 Å². The van der Waals surface area contributed by atoms with E-state index in [1.54, 1.807) is 0 Å². The first-order valence-electron chi connectivity index (χ1n) is 9.09. The summed E-state index contributed by atoms with van der Waals surface area (Å²) in [7, 11) is 0. The van der Waals surface area contributed by atoms with E-state index in [9.17, 15) is 4.79 Å². The molecule has 0 aromatic rings. The molecule has 0 radical (unpaired) electrons. The molecule has 0 aromatic carbocycles. The van der Waals surface area contributed by atoms with Crippen LogP contribution in [0.3, 0.4) is 0 Å². The zero-order valence-electron chi connectivity index (χ0n) is 14.0. The smallest absolute Gasteiger partial charge is 0.333 e. The van der Waals surface area contributed by atoms with Gasteiger partial charge in [0.1, 0.15) is 0 Å². The molecule has 0 unspecified atom stereocenters. The van der Waals surface area contributed by atoms with Crippen LogP contribution in [0, 0.1) is 5.92 Å². The van der Waals surface area contributed by atoms with Crippen LogP contribution >= 0.6 is 0 Å². The van der Waals surface area contributed by atoms with Gasteiger partial charge in [0.2, 0.25) is 0 Å². The SMILES string of the molecule is C=C(CCCC1CCCCCCCCCC1)C(=O)OCC. The Hall–Kier alpha value is -0.790. The molecule has 0 N–H and O–H groups in total. The van der Waals surface area contributed by atoms with Gasteiger partial charge in [0.05, 0.1) is 6.61 Å². The number of carbonyl (C=O) groups is 1. The fraction of sp³-hybridized carbons (Fsp3) is 0.842. The highest BCUT2D eigenvalue weighted by Crippen LogP contribution is 2.25. The summed E-state index contributed by atoms with van der Waals surface area (Å²) in [5.74, 6) is 0.651. The van der Waals surface area contributed by atoms with Gasteiger partial charge in [-0.3, -0.25) is 0 Å². The maximum Gasteiger partial charge on any atom is 0.333 e. The Kier molecular flexibility index (Phi) is 10.3. The van der Waals surface area contributed by atoms with Crippen LogP contribution in [0.15, 0.2) is 12.2 Å². The van der Waals surface area contributed by atoms with Crippen molar-refractivity contribution in [2.24, 2.45) is 5.92 Å². The van der Waals surface area contributed by atoms with Gasteiger partial charge in [-0.2, -0.15) is 0 Å². The van der Waals surface area contributed by atoms with Gasteiger partial charge < -0.3 is 4.74 Å². The molecule has 0 aliphatic heterocycles. The maximum atomic E-state index is 11.5. The van der Waals surface area contributed by atoms with Crippen molar-refractivity contribution in [2.45, 2.75) is 90.4 Å². The lowest BCUT2D eigenvalue weighted by Crippen LogP contribution is -2.07. The van der Waals surface area contributed by atoms with Gasteiger partial charge in [-0.15, -0.1) is 0 Å². The lowest BCUT2D eigenvalue weighted by molar-refractivity contribution is -0.138. The Bertz CT molecular complexity index is 284. The normalized spacial score (nSPS) is 18.7. The first-order chi connectivity index (χ1) is 10.2. The molecule has 1 aliphatic carbocycles. The van der Waals surface area contributed by atoms with E-state index >= 15 is 0 Å². The van der Waals surface area contributed by atoms with Crippen LogP contribution in [-0.4, -0.2) is 12.6 Å². The average molecular weight is 294 g/mol. The Morgan fingerprint density at radius 1 is 1.00 bits per heavy atom. The van der Waals surface area contributed by atoms with E-state index in [2.05, 4.69) is 6.58 Å². The fourth-order valence-corrected chi connectivity index (χ4v) is 3.30. The topological polar surface area (TPSA) is 26.3 Å². The molecule has 0 amide bonds. The van der Waals surface area contributed by atoms with Crippen LogP contribution in [0.1, 0.15) is 90.4 Å². The first kappa shape index (κ1) is 18.3. The summed E-state index contributed by atoms with van der Waals surface area (Å²) < 4.78 is 4.99. The molecule has 0 spiro atoms. The van der Waals surface area contributed by atoms with E-state index in [0.29, 0.717) is 12.2 Å². The molecule has 21 heavy (non-hydrogen) atoms.